The summed E-state index contributed by atoms with van der Waals surface area (Å²) in [6.07, 6.45) is 3.72. The van der Waals surface area contributed by atoms with E-state index in [1.165, 1.54) is 5.56 Å². The molecule has 0 bridgehead atoms. The van der Waals surface area contributed by atoms with Gasteiger partial charge in [0, 0.05) is 12.1 Å². The molecule has 2 aromatic carbocycles. The van der Waals surface area contributed by atoms with Gasteiger partial charge in [-0.15, -0.1) is 0 Å². The molecule has 0 radical (unpaired) electrons. The molecule has 0 spiro atoms. The summed E-state index contributed by atoms with van der Waals surface area (Å²) >= 11 is 0. The number of rotatable bonds is 7. The van der Waals surface area contributed by atoms with Gasteiger partial charge in [-0.1, -0.05) is 42.8 Å². The summed E-state index contributed by atoms with van der Waals surface area (Å²) in [5, 5.41) is 8.95. The fraction of sp³-hybridized carbons (Fsp3) is 0.478. The van der Waals surface area contributed by atoms with Gasteiger partial charge in [-0.3, -0.25) is 0 Å². The monoisotopic (exact) mass is 384 g/mol. The molecule has 2 aromatic rings. The highest BCUT2D eigenvalue weighted by Crippen LogP contribution is 2.37. The summed E-state index contributed by atoms with van der Waals surface area (Å²) in [5.41, 5.74) is 2.54. The van der Waals surface area contributed by atoms with Crippen molar-refractivity contribution in [3.63, 3.8) is 0 Å². The highest BCUT2D eigenvalue weighted by Gasteiger charge is 2.52. The number of aliphatic hydroxyl groups is 1. The van der Waals surface area contributed by atoms with Gasteiger partial charge in [0.2, 0.25) is 0 Å². The Morgan fingerprint density at radius 2 is 1.61 bits per heavy atom. The van der Waals surface area contributed by atoms with Crippen LogP contribution in [0.5, 0.6) is 0 Å². The fourth-order valence-corrected chi connectivity index (χ4v) is 3.48. The van der Waals surface area contributed by atoms with Gasteiger partial charge < -0.3 is 14.4 Å². The molecule has 0 unspecified atom stereocenters. The first-order chi connectivity index (χ1) is 13.2. The summed E-state index contributed by atoms with van der Waals surface area (Å²) in [5.74, 6) is -0.314. The first-order valence-electron chi connectivity index (χ1n) is 10.1. The molecule has 150 valence electrons. The van der Waals surface area contributed by atoms with Gasteiger partial charge >= 0.3 is 7.12 Å². The maximum absolute atomic E-state index is 15.0. The molecule has 0 aromatic heterocycles. The van der Waals surface area contributed by atoms with E-state index in [1.54, 1.807) is 12.1 Å². The maximum atomic E-state index is 15.0. The maximum Gasteiger partial charge on any atom is 0.497 e. The van der Waals surface area contributed by atoms with Crippen LogP contribution in [-0.2, 0) is 15.7 Å². The number of hydrogen-bond acceptors (Lipinski definition) is 3. The van der Waals surface area contributed by atoms with E-state index in [2.05, 4.69) is 6.07 Å². The van der Waals surface area contributed by atoms with Gasteiger partial charge in [0.1, 0.15) is 5.82 Å². The third kappa shape index (κ3) is 4.32. The molecule has 0 amide bonds. The molecule has 1 N–H and O–H groups in total. The minimum absolute atomic E-state index is 0.229. The van der Waals surface area contributed by atoms with Crippen molar-refractivity contribution in [1.29, 1.82) is 0 Å². The topological polar surface area (TPSA) is 38.7 Å². The third-order valence-corrected chi connectivity index (χ3v) is 5.94. The van der Waals surface area contributed by atoms with E-state index in [0.717, 1.165) is 36.8 Å². The van der Waals surface area contributed by atoms with Crippen molar-refractivity contribution in [1.82, 2.24) is 0 Å². The SMILES string of the molecule is CC1(C)OB(c2ccc(-c3ccccc3CCCCCO)cc2F)OC1(C)C. The largest absolute Gasteiger partial charge is 0.497 e. The predicted octanol–water partition coefficient (Wildman–Crippen LogP) is 4.50. The molecule has 5 heteroatoms. The average molecular weight is 384 g/mol. The summed E-state index contributed by atoms with van der Waals surface area (Å²) in [6, 6.07) is 13.4. The molecule has 0 atom stereocenters. The smallest absolute Gasteiger partial charge is 0.399 e. The van der Waals surface area contributed by atoms with Crippen LogP contribution in [0.15, 0.2) is 42.5 Å². The van der Waals surface area contributed by atoms with Crippen molar-refractivity contribution < 1.29 is 18.8 Å². The van der Waals surface area contributed by atoms with Crippen LogP contribution in [0.1, 0.15) is 52.5 Å². The number of hydrogen-bond donors (Lipinski definition) is 1. The molecule has 1 saturated heterocycles. The van der Waals surface area contributed by atoms with Crippen molar-refractivity contribution in [2.75, 3.05) is 6.61 Å². The molecular formula is C23H30BFO3. The van der Waals surface area contributed by atoms with Crippen LogP contribution < -0.4 is 5.46 Å². The van der Waals surface area contributed by atoms with E-state index in [9.17, 15) is 4.39 Å². The highest BCUT2D eigenvalue weighted by molar-refractivity contribution is 6.62. The number of aryl methyl sites for hydroxylation is 1. The van der Waals surface area contributed by atoms with Crippen LogP contribution >= 0.6 is 0 Å². The first kappa shape index (κ1) is 21.0. The Kier molecular flexibility index (Phi) is 6.28. The Labute approximate surface area is 168 Å². The second kappa shape index (κ2) is 8.36. The first-order valence-corrected chi connectivity index (χ1v) is 10.1. The Bertz CT molecular complexity index is 803. The Morgan fingerprint density at radius 3 is 2.25 bits per heavy atom. The van der Waals surface area contributed by atoms with E-state index in [-0.39, 0.29) is 12.4 Å². The molecule has 28 heavy (non-hydrogen) atoms. The van der Waals surface area contributed by atoms with Crippen molar-refractivity contribution in [3.8, 4) is 11.1 Å². The van der Waals surface area contributed by atoms with E-state index in [4.69, 9.17) is 14.4 Å². The molecule has 1 aliphatic heterocycles. The van der Waals surface area contributed by atoms with Crippen molar-refractivity contribution in [3.05, 3.63) is 53.8 Å². The summed E-state index contributed by atoms with van der Waals surface area (Å²) < 4.78 is 27.0. The van der Waals surface area contributed by atoms with Crippen LogP contribution in [-0.4, -0.2) is 30.0 Å². The fourth-order valence-electron chi connectivity index (χ4n) is 3.48. The molecule has 1 aliphatic rings. The van der Waals surface area contributed by atoms with Gasteiger partial charge in [-0.25, -0.2) is 4.39 Å². The lowest BCUT2D eigenvalue weighted by Gasteiger charge is -2.32. The number of halogens is 1. The zero-order valence-electron chi connectivity index (χ0n) is 17.3. The zero-order chi connectivity index (χ0) is 20.4. The minimum atomic E-state index is -0.701. The second-order valence-corrected chi connectivity index (χ2v) is 8.52. The lowest BCUT2D eigenvalue weighted by atomic mass is 9.78. The molecule has 0 aliphatic carbocycles. The Balaban J connectivity index is 1.82. The molecule has 3 rings (SSSR count). The second-order valence-electron chi connectivity index (χ2n) is 8.52. The normalized spacial score (nSPS) is 17.9. The Hall–Kier alpha value is -1.69. The van der Waals surface area contributed by atoms with Crippen LogP contribution in [0.25, 0.3) is 11.1 Å². The summed E-state index contributed by atoms with van der Waals surface area (Å²) in [7, 11) is -0.701. The van der Waals surface area contributed by atoms with Crippen molar-refractivity contribution in [2.24, 2.45) is 0 Å². The van der Waals surface area contributed by atoms with E-state index >= 15 is 0 Å². The zero-order valence-corrected chi connectivity index (χ0v) is 17.3. The van der Waals surface area contributed by atoms with E-state index in [1.807, 2.05) is 52.0 Å². The van der Waals surface area contributed by atoms with Crippen LogP contribution in [0, 0.1) is 5.82 Å². The average Bonchev–Trinajstić information content (AvgIpc) is 2.86. The van der Waals surface area contributed by atoms with Gasteiger partial charge in [0.15, 0.2) is 0 Å². The number of aliphatic hydroxyl groups excluding tert-OH is 1. The van der Waals surface area contributed by atoms with Gasteiger partial charge in [-0.2, -0.15) is 0 Å². The predicted molar refractivity (Wildman–Crippen MR) is 112 cm³/mol. The third-order valence-electron chi connectivity index (χ3n) is 5.94. The van der Waals surface area contributed by atoms with Crippen molar-refractivity contribution >= 4 is 12.6 Å². The number of benzene rings is 2. The van der Waals surface area contributed by atoms with Gasteiger partial charge in [0.05, 0.1) is 11.2 Å². The molecule has 1 fully saturated rings. The Morgan fingerprint density at radius 1 is 0.929 bits per heavy atom. The van der Waals surface area contributed by atoms with Gasteiger partial charge in [-0.05, 0) is 69.7 Å². The standard InChI is InChI=1S/C23H30BFO3/c1-22(2)23(3,4)28-24(27-22)20-14-13-18(16-21(20)25)19-12-8-7-11-17(19)10-6-5-9-15-26/h7-8,11-14,16,26H,5-6,9-10,15H2,1-4H3. The van der Waals surface area contributed by atoms with Crippen LogP contribution in [0.4, 0.5) is 4.39 Å². The van der Waals surface area contributed by atoms with Crippen molar-refractivity contribution in [2.45, 2.75) is 64.6 Å². The minimum Gasteiger partial charge on any atom is -0.399 e. The van der Waals surface area contributed by atoms with Gasteiger partial charge in [0.25, 0.3) is 0 Å². The summed E-state index contributed by atoms with van der Waals surface area (Å²) in [4.78, 5) is 0. The van der Waals surface area contributed by atoms with E-state index in [0.29, 0.717) is 5.46 Å². The highest BCUT2D eigenvalue weighted by atomic mass is 19.1. The van der Waals surface area contributed by atoms with E-state index < -0.39 is 18.3 Å². The number of unbranched alkanes of at least 4 members (excludes halogenated alkanes) is 2. The van der Waals surface area contributed by atoms with Crippen LogP contribution in [0.3, 0.4) is 0 Å². The molecular weight excluding hydrogens is 354 g/mol. The summed E-state index contributed by atoms with van der Waals surface area (Å²) in [6.45, 7) is 8.09. The molecule has 1 heterocycles. The van der Waals surface area contributed by atoms with Crippen LogP contribution in [0.2, 0.25) is 0 Å². The molecule has 3 nitrogen and oxygen atoms in total. The lowest BCUT2D eigenvalue weighted by Crippen LogP contribution is -2.41. The lowest BCUT2D eigenvalue weighted by molar-refractivity contribution is 0.00578. The quantitative estimate of drug-likeness (QED) is 0.565. The molecule has 0 saturated carbocycles.